The number of aromatic carboxylic acids is 1. The second-order valence-electron chi connectivity index (χ2n) is 6.43. The summed E-state index contributed by atoms with van der Waals surface area (Å²) in [4.78, 5) is 18.5. The summed E-state index contributed by atoms with van der Waals surface area (Å²) in [5, 5.41) is 9.54. The molecule has 0 radical (unpaired) electrons. The van der Waals surface area contributed by atoms with Gasteiger partial charge in [-0.3, -0.25) is 4.90 Å². The Bertz CT molecular complexity index is 533. The number of hydrogen-bond acceptors (Lipinski definition) is 4. The highest BCUT2D eigenvalue weighted by atomic mass is 16.4. The lowest BCUT2D eigenvalue weighted by atomic mass is 10.1. The number of carboxylic acids is 1. The van der Waals surface area contributed by atoms with Crippen molar-refractivity contribution < 1.29 is 9.90 Å². The van der Waals surface area contributed by atoms with Crippen molar-refractivity contribution in [2.45, 2.75) is 19.4 Å². The van der Waals surface area contributed by atoms with Gasteiger partial charge >= 0.3 is 5.97 Å². The van der Waals surface area contributed by atoms with Gasteiger partial charge in [0.05, 0.1) is 11.3 Å². The topological polar surface area (TPSA) is 47.0 Å². The van der Waals surface area contributed by atoms with Crippen molar-refractivity contribution >= 4 is 11.7 Å². The lowest BCUT2D eigenvalue weighted by Crippen LogP contribution is -2.43. The van der Waals surface area contributed by atoms with E-state index in [0.29, 0.717) is 5.56 Å². The van der Waals surface area contributed by atoms with Crippen LogP contribution in [0.2, 0.25) is 0 Å². The van der Waals surface area contributed by atoms with E-state index in [1.54, 1.807) is 0 Å². The largest absolute Gasteiger partial charge is 0.478 e. The normalized spacial score (nSPS) is 20.5. The highest BCUT2D eigenvalue weighted by Gasteiger charge is 2.20. The van der Waals surface area contributed by atoms with Crippen LogP contribution in [-0.4, -0.2) is 67.2 Å². The van der Waals surface area contributed by atoms with Gasteiger partial charge in [-0.2, -0.15) is 0 Å². The molecule has 120 valence electrons. The highest BCUT2D eigenvalue weighted by Crippen LogP contribution is 2.26. The molecule has 0 aromatic heterocycles. The monoisotopic (exact) mass is 303 g/mol. The van der Waals surface area contributed by atoms with Crippen molar-refractivity contribution in [3.63, 3.8) is 0 Å². The molecule has 2 saturated heterocycles. The Morgan fingerprint density at radius 2 is 1.77 bits per heavy atom. The minimum atomic E-state index is -0.817. The van der Waals surface area contributed by atoms with Gasteiger partial charge in [0, 0.05) is 45.8 Å². The summed E-state index contributed by atoms with van der Waals surface area (Å²) in [7, 11) is 2.14. The Balaban J connectivity index is 1.75. The van der Waals surface area contributed by atoms with Crippen LogP contribution in [0, 0.1) is 0 Å². The summed E-state index contributed by atoms with van der Waals surface area (Å²) < 4.78 is 0. The number of nitrogens with zero attached hydrogens (tertiary/aromatic N) is 3. The highest BCUT2D eigenvalue weighted by molar-refractivity contribution is 5.94. The lowest BCUT2D eigenvalue weighted by molar-refractivity contribution is 0.0697. The Hall–Kier alpha value is -1.59. The molecule has 0 spiro atoms. The summed E-state index contributed by atoms with van der Waals surface area (Å²) in [5.41, 5.74) is 2.44. The molecular weight excluding hydrogens is 278 g/mol. The number of carboxylic acid groups (broad SMARTS) is 1. The van der Waals surface area contributed by atoms with Gasteiger partial charge in [-0.15, -0.1) is 0 Å². The first kappa shape index (κ1) is 15.3. The van der Waals surface area contributed by atoms with Crippen molar-refractivity contribution in [1.82, 2.24) is 9.80 Å². The number of carbonyl (C=O) groups is 1. The van der Waals surface area contributed by atoms with Crippen LogP contribution in [0.4, 0.5) is 5.69 Å². The van der Waals surface area contributed by atoms with Gasteiger partial charge < -0.3 is 14.9 Å². The predicted octanol–water partition coefficient (Wildman–Crippen LogP) is 1.73. The molecule has 0 unspecified atom stereocenters. The standard InChI is InChI=1S/C17H25N3O2/c1-18-8-10-19(11-9-18)13-14-4-5-16(15(12-14)17(21)22)20-6-2-3-7-20/h4-5,12H,2-3,6-11,13H2,1H3,(H,21,22). The maximum Gasteiger partial charge on any atom is 0.337 e. The Kier molecular flexibility index (Phi) is 4.64. The van der Waals surface area contributed by atoms with E-state index >= 15 is 0 Å². The maximum atomic E-state index is 11.6. The van der Waals surface area contributed by atoms with Crippen molar-refractivity contribution in [2.24, 2.45) is 0 Å². The van der Waals surface area contributed by atoms with E-state index in [-0.39, 0.29) is 0 Å². The van der Waals surface area contributed by atoms with E-state index in [4.69, 9.17) is 0 Å². The quantitative estimate of drug-likeness (QED) is 0.918. The lowest BCUT2D eigenvalue weighted by Gasteiger charge is -2.32. The molecule has 22 heavy (non-hydrogen) atoms. The maximum absolute atomic E-state index is 11.6. The average molecular weight is 303 g/mol. The molecule has 3 rings (SSSR count). The molecule has 1 N–H and O–H groups in total. The minimum absolute atomic E-state index is 0.452. The second kappa shape index (κ2) is 6.67. The first-order valence-electron chi connectivity index (χ1n) is 8.15. The molecule has 2 heterocycles. The fourth-order valence-corrected chi connectivity index (χ4v) is 3.35. The van der Waals surface area contributed by atoms with Crippen LogP contribution in [0.1, 0.15) is 28.8 Å². The molecule has 5 heteroatoms. The third-order valence-electron chi connectivity index (χ3n) is 4.74. The molecule has 1 aromatic rings. The number of hydrogen-bond donors (Lipinski definition) is 1. The fraction of sp³-hybridized carbons (Fsp3) is 0.588. The Morgan fingerprint density at radius 3 is 2.41 bits per heavy atom. The summed E-state index contributed by atoms with van der Waals surface area (Å²) in [6, 6.07) is 5.97. The number of benzene rings is 1. The van der Waals surface area contributed by atoms with E-state index in [2.05, 4.69) is 27.8 Å². The summed E-state index contributed by atoms with van der Waals surface area (Å²) in [6.07, 6.45) is 2.31. The molecule has 1 aromatic carbocycles. The molecule has 0 aliphatic carbocycles. The van der Waals surface area contributed by atoms with Crippen LogP contribution >= 0.6 is 0 Å². The van der Waals surface area contributed by atoms with E-state index in [1.807, 2.05) is 12.1 Å². The zero-order valence-corrected chi connectivity index (χ0v) is 13.3. The van der Waals surface area contributed by atoms with E-state index in [0.717, 1.165) is 69.9 Å². The minimum Gasteiger partial charge on any atom is -0.478 e. The van der Waals surface area contributed by atoms with Crippen molar-refractivity contribution in [3.05, 3.63) is 29.3 Å². The van der Waals surface area contributed by atoms with Crippen molar-refractivity contribution in [3.8, 4) is 0 Å². The molecule has 0 atom stereocenters. The van der Waals surface area contributed by atoms with Gasteiger partial charge in [0.15, 0.2) is 0 Å². The summed E-state index contributed by atoms with van der Waals surface area (Å²) >= 11 is 0. The molecule has 2 fully saturated rings. The van der Waals surface area contributed by atoms with Crippen LogP contribution in [0.5, 0.6) is 0 Å². The fourth-order valence-electron chi connectivity index (χ4n) is 3.35. The zero-order valence-electron chi connectivity index (χ0n) is 13.3. The molecule has 2 aliphatic heterocycles. The van der Waals surface area contributed by atoms with Gasteiger partial charge in [-0.25, -0.2) is 4.79 Å². The molecular formula is C17H25N3O2. The molecule has 0 bridgehead atoms. The SMILES string of the molecule is CN1CCN(Cc2ccc(N3CCCC3)c(C(=O)O)c2)CC1. The smallest absolute Gasteiger partial charge is 0.337 e. The van der Waals surface area contributed by atoms with Crippen molar-refractivity contribution in [1.29, 1.82) is 0 Å². The van der Waals surface area contributed by atoms with Gasteiger partial charge in [-0.05, 0) is 37.6 Å². The number of rotatable bonds is 4. The number of likely N-dealkylation sites (N-methyl/N-ethyl adjacent to an activating group) is 1. The molecule has 5 nitrogen and oxygen atoms in total. The van der Waals surface area contributed by atoms with Crippen molar-refractivity contribution in [2.75, 3.05) is 51.2 Å². The third-order valence-corrected chi connectivity index (χ3v) is 4.74. The van der Waals surface area contributed by atoms with Crippen LogP contribution in [0.3, 0.4) is 0 Å². The van der Waals surface area contributed by atoms with E-state index in [1.165, 1.54) is 0 Å². The summed E-state index contributed by atoms with van der Waals surface area (Å²) in [5.74, 6) is -0.817. The second-order valence-corrected chi connectivity index (χ2v) is 6.43. The van der Waals surface area contributed by atoms with E-state index in [9.17, 15) is 9.90 Å². The third kappa shape index (κ3) is 3.42. The van der Waals surface area contributed by atoms with Gasteiger partial charge in [0.2, 0.25) is 0 Å². The van der Waals surface area contributed by atoms with Gasteiger partial charge in [-0.1, -0.05) is 6.07 Å². The Morgan fingerprint density at radius 1 is 1.09 bits per heavy atom. The van der Waals surface area contributed by atoms with Crippen LogP contribution in [0.25, 0.3) is 0 Å². The summed E-state index contributed by atoms with van der Waals surface area (Å²) in [6.45, 7) is 7.04. The van der Waals surface area contributed by atoms with Crippen LogP contribution in [0.15, 0.2) is 18.2 Å². The average Bonchev–Trinajstić information content (AvgIpc) is 3.03. The first-order valence-corrected chi connectivity index (χ1v) is 8.15. The number of piperazine rings is 1. The molecule has 2 aliphatic rings. The van der Waals surface area contributed by atoms with Gasteiger partial charge in [0.1, 0.15) is 0 Å². The zero-order chi connectivity index (χ0) is 15.5. The Labute approximate surface area is 132 Å². The molecule has 0 saturated carbocycles. The predicted molar refractivity (Wildman–Crippen MR) is 87.6 cm³/mol. The first-order chi connectivity index (χ1) is 10.6. The number of anilines is 1. The van der Waals surface area contributed by atoms with Gasteiger partial charge in [0.25, 0.3) is 0 Å². The van der Waals surface area contributed by atoms with Crippen LogP contribution in [-0.2, 0) is 6.54 Å². The van der Waals surface area contributed by atoms with E-state index < -0.39 is 5.97 Å². The van der Waals surface area contributed by atoms with Crippen LogP contribution < -0.4 is 4.90 Å². The molecule has 0 amide bonds.